The van der Waals surface area contributed by atoms with Gasteiger partial charge in [-0.05, 0) is 87.2 Å². The molecule has 6 nitrogen and oxygen atoms in total. The molecule has 0 aliphatic carbocycles. The second-order valence-electron chi connectivity index (χ2n) is 8.00. The number of carbonyl (C=O) groups is 1. The van der Waals surface area contributed by atoms with Gasteiger partial charge < -0.3 is 4.57 Å². The Morgan fingerprint density at radius 1 is 1.19 bits per heavy atom. The Bertz CT molecular complexity index is 1180. The number of aliphatic imine (C=N–C) groups is 1. The molecule has 160 valence electrons. The van der Waals surface area contributed by atoms with Gasteiger partial charge in [0.05, 0.1) is 5.57 Å². The fraction of sp³-hybridized carbons (Fsp3) is 0.333. The van der Waals surface area contributed by atoms with Crippen molar-refractivity contribution < 1.29 is 4.79 Å². The monoisotopic (exact) mass is 433 g/mol. The van der Waals surface area contributed by atoms with Crippen LogP contribution in [0.25, 0.3) is 11.8 Å². The van der Waals surface area contributed by atoms with Crippen molar-refractivity contribution in [1.82, 2.24) is 9.58 Å². The summed E-state index contributed by atoms with van der Waals surface area (Å²) < 4.78 is 2.20. The van der Waals surface area contributed by atoms with Crippen molar-refractivity contribution in [1.29, 1.82) is 5.41 Å². The molecule has 1 amide bonds. The Morgan fingerprint density at radius 2 is 1.97 bits per heavy atom. The molecule has 0 radical (unpaired) electrons. The van der Waals surface area contributed by atoms with Gasteiger partial charge in [0.2, 0.25) is 5.17 Å². The van der Waals surface area contributed by atoms with E-state index in [2.05, 4.69) is 66.6 Å². The molecule has 0 atom stereocenters. The van der Waals surface area contributed by atoms with E-state index in [1.54, 1.807) is 6.08 Å². The second-order valence-corrected chi connectivity index (χ2v) is 9.04. The molecule has 0 saturated heterocycles. The molecule has 2 aromatic rings. The average molecular weight is 434 g/mol. The minimum atomic E-state index is -0.382. The van der Waals surface area contributed by atoms with Gasteiger partial charge in [0.1, 0.15) is 5.04 Å². The fourth-order valence-electron chi connectivity index (χ4n) is 3.90. The summed E-state index contributed by atoms with van der Waals surface area (Å²) in [6.45, 7) is 10.5. The van der Waals surface area contributed by atoms with Crippen LogP contribution in [0, 0.1) is 33.1 Å². The summed E-state index contributed by atoms with van der Waals surface area (Å²) in [4.78, 5) is 17.0. The van der Waals surface area contributed by atoms with E-state index in [0.717, 1.165) is 46.9 Å². The van der Waals surface area contributed by atoms with Crippen LogP contribution in [0.5, 0.6) is 0 Å². The minimum absolute atomic E-state index is 0.0885. The van der Waals surface area contributed by atoms with Crippen molar-refractivity contribution in [3.8, 4) is 5.69 Å². The third-order valence-corrected chi connectivity index (χ3v) is 6.80. The zero-order valence-corrected chi connectivity index (χ0v) is 19.4. The van der Waals surface area contributed by atoms with E-state index in [1.165, 1.54) is 27.9 Å². The highest BCUT2D eigenvalue weighted by molar-refractivity contribution is 8.26. The van der Waals surface area contributed by atoms with Gasteiger partial charge in [0.15, 0.2) is 5.84 Å². The molecule has 2 aliphatic heterocycles. The van der Waals surface area contributed by atoms with Gasteiger partial charge in [-0.15, -0.1) is 0 Å². The molecule has 0 saturated carbocycles. The average Bonchev–Trinajstić information content (AvgIpc) is 3.26. The van der Waals surface area contributed by atoms with Crippen molar-refractivity contribution in [3.63, 3.8) is 0 Å². The molecular weight excluding hydrogens is 406 g/mol. The van der Waals surface area contributed by atoms with E-state index in [4.69, 9.17) is 5.41 Å². The molecule has 2 aliphatic rings. The maximum atomic E-state index is 12.7. The summed E-state index contributed by atoms with van der Waals surface area (Å²) in [5.74, 6) is -0.294. The highest BCUT2D eigenvalue weighted by Crippen LogP contribution is 2.31. The van der Waals surface area contributed by atoms with E-state index in [0.29, 0.717) is 5.17 Å². The molecule has 0 spiro atoms. The summed E-state index contributed by atoms with van der Waals surface area (Å²) in [6.07, 6.45) is 4.72. The number of hydrazone groups is 1. The number of amides is 1. The normalized spacial score (nSPS) is 17.3. The molecule has 0 unspecified atom stereocenters. The van der Waals surface area contributed by atoms with Crippen LogP contribution in [0.2, 0.25) is 0 Å². The van der Waals surface area contributed by atoms with Crippen LogP contribution >= 0.6 is 11.8 Å². The van der Waals surface area contributed by atoms with Crippen molar-refractivity contribution in [2.24, 2.45) is 10.1 Å². The number of hydrogen-bond acceptors (Lipinski definition) is 4. The van der Waals surface area contributed by atoms with E-state index < -0.39 is 0 Å². The van der Waals surface area contributed by atoms with Crippen LogP contribution in [0.1, 0.15) is 54.3 Å². The first kappa shape index (κ1) is 21.3. The summed E-state index contributed by atoms with van der Waals surface area (Å²) in [7, 11) is 0. The van der Waals surface area contributed by atoms with Crippen LogP contribution in [-0.2, 0) is 4.79 Å². The topological polar surface area (TPSA) is 73.8 Å². The zero-order valence-electron chi connectivity index (χ0n) is 18.6. The van der Waals surface area contributed by atoms with Crippen LogP contribution in [0.4, 0.5) is 0 Å². The van der Waals surface area contributed by atoms with Gasteiger partial charge in [0.25, 0.3) is 5.91 Å². The Kier molecular flexibility index (Phi) is 5.71. The number of benzene rings is 1. The quantitative estimate of drug-likeness (QED) is 0.631. The van der Waals surface area contributed by atoms with Crippen LogP contribution in [0.15, 0.2) is 39.9 Å². The molecule has 1 aromatic heterocycles. The Morgan fingerprint density at radius 3 is 2.71 bits per heavy atom. The van der Waals surface area contributed by atoms with E-state index in [1.807, 2.05) is 6.92 Å². The van der Waals surface area contributed by atoms with Gasteiger partial charge in [-0.25, -0.2) is 0 Å². The highest BCUT2D eigenvalue weighted by Gasteiger charge is 2.35. The number of aryl methyl sites for hydroxylation is 2. The number of aromatic nitrogens is 1. The van der Waals surface area contributed by atoms with Gasteiger partial charge in [-0.3, -0.25) is 10.2 Å². The molecule has 0 bridgehead atoms. The lowest BCUT2D eigenvalue weighted by molar-refractivity contribution is -0.114. The van der Waals surface area contributed by atoms with Crippen molar-refractivity contribution in [3.05, 3.63) is 57.9 Å². The lowest BCUT2D eigenvalue weighted by Crippen LogP contribution is -2.35. The number of fused-ring (bicyclic) bond motifs is 1. The molecule has 31 heavy (non-hydrogen) atoms. The Balaban J connectivity index is 1.72. The first-order valence-electron chi connectivity index (χ1n) is 10.6. The highest BCUT2D eigenvalue weighted by atomic mass is 32.2. The zero-order chi connectivity index (χ0) is 22.3. The van der Waals surface area contributed by atoms with E-state index in [-0.39, 0.29) is 17.3 Å². The summed E-state index contributed by atoms with van der Waals surface area (Å²) in [5.41, 5.74) is 6.87. The number of hydrogen-bond donors (Lipinski definition) is 1. The van der Waals surface area contributed by atoms with Crippen LogP contribution in [0.3, 0.4) is 0 Å². The largest absolute Gasteiger partial charge is 0.318 e. The molecular formula is C24H27N5OS. The smallest absolute Gasteiger partial charge is 0.283 e. The standard InChI is InChI=1S/C24H27N5OS/c1-6-7-11-21-27-29-22(25)19(23(30)26-24(29)31-21)13-18-12-15(3)28(17(18)5)20-10-8-9-14(2)16(20)4/h8-10,12-13,25H,6-7,11H2,1-5H3/b19-13-,25-22?. The first-order chi connectivity index (χ1) is 14.8. The van der Waals surface area contributed by atoms with Crippen LogP contribution < -0.4 is 0 Å². The van der Waals surface area contributed by atoms with E-state index >= 15 is 0 Å². The fourth-order valence-corrected chi connectivity index (χ4v) is 4.83. The number of nitrogens with zero attached hydrogens (tertiary/aromatic N) is 4. The Labute approximate surface area is 187 Å². The number of amidine groups is 2. The predicted octanol–water partition coefficient (Wildman–Crippen LogP) is 5.52. The van der Waals surface area contributed by atoms with Crippen molar-refractivity contribution in [2.75, 3.05) is 0 Å². The molecule has 3 heterocycles. The second kappa shape index (κ2) is 8.30. The predicted molar refractivity (Wildman–Crippen MR) is 129 cm³/mol. The molecule has 1 N–H and O–H groups in total. The SMILES string of the molecule is CCCCC1=NN2C(=N)/C(=C/c3cc(C)n(-c4cccc(C)c4C)c3C)C(=O)N=C2S1. The summed E-state index contributed by atoms with van der Waals surface area (Å²) in [5, 5.41) is 16.0. The third kappa shape index (κ3) is 3.78. The maximum absolute atomic E-state index is 12.7. The summed E-state index contributed by atoms with van der Waals surface area (Å²) >= 11 is 1.39. The van der Waals surface area contributed by atoms with Crippen molar-refractivity contribution >= 4 is 39.8 Å². The van der Waals surface area contributed by atoms with Crippen molar-refractivity contribution in [2.45, 2.75) is 53.9 Å². The first-order valence-corrected chi connectivity index (χ1v) is 11.4. The van der Waals surface area contributed by atoms with Crippen LogP contribution in [-0.4, -0.2) is 31.5 Å². The van der Waals surface area contributed by atoms with Gasteiger partial charge in [-0.1, -0.05) is 25.5 Å². The number of thioether (sulfide) groups is 1. The molecule has 4 rings (SSSR count). The lowest BCUT2D eigenvalue weighted by atomic mass is 10.1. The number of rotatable bonds is 5. The molecule has 0 fully saturated rings. The lowest BCUT2D eigenvalue weighted by Gasteiger charge is -2.20. The number of nitrogens with one attached hydrogen (secondary N) is 1. The van der Waals surface area contributed by atoms with Gasteiger partial charge in [-0.2, -0.15) is 15.1 Å². The summed E-state index contributed by atoms with van der Waals surface area (Å²) in [6, 6.07) is 8.33. The molecule has 7 heteroatoms. The maximum Gasteiger partial charge on any atom is 0.283 e. The van der Waals surface area contributed by atoms with Gasteiger partial charge >= 0.3 is 0 Å². The van der Waals surface area contributed by atoms with Gasteiger partial charge in [0, 0.05) is 17.1 Å². The number of unbranched alkanes of at least 4 members (excludes halogenated alkanes) is 1. The molecule has 1 aromatic carbocycles. The minimum Gasteiger partial charge on any atom is -0.318 e. The van der Waals surface area contributed by atoms with E-state index in [9.17, 15) is 4.79 Å². The third-order valence-electron chi connectivity index (χ3n) is 5.83. The Hall–Kier alpha value is -2.93. The number of carbonyl (C=O) groups excluding carboxylic acids is 1.